The van der Waals surface area contributed by atoms with Crippen molar-refractivity contribution >= 4 is 27.9 Å². The number of amides is 1. The smallest absolute Gasteiger partial charge is 0.378 e. The van der Waals surface area contributed by atoms with Gasteiger partial charge in [-0.1, -0.05) is 24.3 Å². The summed E-state index contributed by atoms with van der Waals surface area (Å²) in [5.74, 6) is -1.09. The summed E-state index contributed by atoms with van der Waals surface area (Å²) in [4.78, 5) is 22.0. The van der Waals surface area contributed by atoms with Gasteiger partial charge in [-0.3, -0.25) is 14.9 Å². The first-order chi connectivity index (χ1) is 16.0. The standard InChI is InChI=1S/C21H14F3N3O6S/c22-21(23,24)15-9-11-16(12-10-15)34(31,32)33-19-8-4-1-5-14(19)13-25-26-20(28)17-6-2-3-7-18(17)27(29)30/h1-13H,(H,26,28)/b25-13+. The molecule has 0 unspecified atom stereocenters. The van der Waals surface area contributed by atoms with Crippen LogP contribution in [0.15, 0.2) is 82.8 Å². The Labute approximate surface area is 190 Å². The molecule has 0 aliphatic rings. The van der Waals surface area contributed by atoms with Crippen LogP contribution in [0.4, 0.5) is 18.9 Å². The molecule has 0 aliphatic carbocycles. The maximum atomic E-state index is 12.7. The van der Waals surface area contributed by atoms with Gasteiger partial charge >= 0.3 is 16.3 Å². The fraction of sp³-hybridized carbons (Fsp3) is 0.0476. The fourth-order valence-electron chi connectivity index (χ4n) is 2.69. The molecule has 0 aliphatic heterocycles. The topological polar surface area (TPSA) is 128 Å². The number of nitrogens with zero attached hydrogens (tertiary/aromatic N) is 2. The van der Waals surface area contributed by atoms with E-state index in [2.05, 4.69) is 10.5 Å². The first-order valence-corrected chi connectivity index (χ1v) is 10.7. The van der Waals surface area contributed by atoms with Crippen LogP contribution in [0, 0.1) is 10.1 Å². The molecule has 0 saturated carbocycles. The third kappa shape index (κ3) is 5.75. The van der Waals surface area contributed by atoms with E-state index < -0.39 is 43.3 Å². The zero-order chi connectivity index (χ0) is 24.9. The molecular formula is C21H14F3N3O6S. The number of halogens is 3. The Kier molecular flexibility index (Phi) is 6.96. The third-order valence-corrected chi connectivity index (χ3v) is 5.55. The van der Waals surface area contributed by atoms with Gasteiger partial charge in [-0.15, -0.1) is 0 Å². The van der Waals surface area contributed by atoms with Crippen molar-refractivity contribution in [2.24, 2.45) is 5.10 Å². The van der Waals surface area contributed by atoms with Crippen molar-refractivity contribution in [2.75, 3.05) is 0 Å². The molecule has 3 rings (SSSR count). The van der Waals surface area contributed by atoms with E-state index in [1.807, 2.05) is 0 Å². The van der Waals surface area contributed by atoms with Crippen molar-refractivity contribution in [3.63, 3.8) is 0 Å². The van der Waals surface area contributed by atoms with Crippen molar-refractivity contribution in [3.05, 3.63) is 99.6 Å². The van der Waals surface area contributed by atoms with Crippen LogP contribution in [0.2, 0.25) is 0 Å². The summed E-state index contributed by atoms with van der Waals surface area (Å²) in [5, 5.41) is 14.7. The molecule has 0 heterocycles. The first-order valence-electron chi connectivity index (χ1n) is 9.26. The predicted molar refractivity (Wildman–Crippen MR) is 114 cm³/mol. The molecule has 1 N–H and O–H groups in total. The van der Waals surface area contributed by atoms with Gasteiger partial charge in [0.05, 0.1) is 16.7 Å². The lowest BCUT2D eigenvalue weighted by Crippen LogP contribution is -2.19. The molecule has 0 spiro atoms. The summed E-state index contributed by atoms with van der Waals surface area (Å²) >= 11 is 0. The summed E-state index contributed by atoms with van der Waals surface area (Å²) in [6.07, 6.45) is -3.58. The van der Waals surface area contributed by atoms with Crippen molar-refractivity contribution in [1.82, 2.24) is 5.43 Å². The van der Waals surface area contributed by atoms with E-state index in [0.29, 0.717) is 12.1 Å². The van der Waals surface area contributed by atoms with E-state index in [4.69, 9.17) is 4.18 Å². The molecule has 3 aromatic rings. The van der Waals surface area contributed by atoms with Crippen LogP contribution in [0.3, 0.4) is 0 Å². The number of carbonyl (C=O) groups excluding carboxylic acids is 1. The molecule has 9 nitrogen and oxygen atoms in total. The lowest BCUT2D eigenvalue weighted by Gasteiger charge is -2.11. The highest BCUT2D eigenvalue weighted by Gasteiger charge is 2.31. The number of hydrogen-bond donors (Lipinski definition) is 1. The average molecular weight is 493 g/mol. The van der Waals surface area contributed by atoms with Gasteiger partial charge < -0.3 is 4.18 Å². The predicted octanol–water partition coefficient (Wildman–Crippen LogP) is 4.15. The molecule has 1 amide bonds. The number of nitro groups is 1. The van der Waals surface area contributed by atoms with Gasteiger partial charge in [0.25, 0.3) is 11.6 Å². The highest BCUT2D eigenvalue weighted by molar-refractivity contribution is 7.87. The van der Waals surface area contributed by atoms with E-state index in [1.54, 1.807) is 0 Å². The first kappa shape index (κ1) is 24.4. The highest BCUT2D eigenvalue weighted by Crippen LogP contribution is 2.30. The van der Waals surface area contributed by atoms with Gasteiger partial charge in [0, 0.05) is 11.6 Å². The second-order valence-corrected chi connectivity index (χ2v) is 8.12. The van der Waals surface area contributed by atoms with Crippen LogP contribution < -0.4 is 9.61 Å². The minimum absolute atomic E-state index is 0.0980. The van der Waals surface area contributed by atoms with Gasteiger partial charge in [0.2, 0.25) is 0 Å². The minimum atomic E-state index is -4.63. The lowest BCUT2D eigenvalue weighted by molar-refractivity contribution is -0.385. The number of benzene rings is 3. The Balaban J connectivity index is 1.78. The number of alkyl halides is 3. The second kappa shape index (κ2) is 9.70. The number of carbonyl (C=O) groups is 1. The van der Waals surface area contributed by atoms with E-state index in [-0.39, 0.29) is 16.9 Å². The van der Waals surface area contributed by atoms with E-state index >= 15 is 0 Å². The van der Waals surface area contributed by atoms with Gasteiger partial charge in [-0.25, -0.2) is 5.43 Å². The quantitative estimate of drug-likeness (QED) is 0.228. The Morgan fingerprint density at radius 3 is 2.26 bits per heavy atom. The maximum absolute atomic E-state index is 12.7. The van der Waals surface area contributed by atoms with Crippen LogP contribution >= 0.6 is 0 Å². The normalized spacial score (nSPS) is 11.9. The number of nitrogens with one attached hydrogen (secondary N) is 1. The van der Waals surface area contributed by atoms with Gasteiger partial charge in [0.1, 0.15) is 10.5 Å². The van der Waals surface area contributed by atoms with Crippen molar-refractivity contribution in [3.8, 4) is 5.75 Å². The van der Waals surface area contributed by atoms with Crippen LogP contribution in [0.5, 0.6) is 5.75 Å². The Morgan fingerprint density at radius 1 is 1.00 bits per heavy atom. The van der Waals surface area contributed by atoms with E-state index in [1.165, 1.54) is 42.5 Å². The maximum Gasteiger partial charge on any atom is 0.416 e. The number of rotatable bonds is 7. The summed E-state index contributed by atoms with van der Waals surface area (Å²) in [6, 6.07) is 13.6. The second-order valence-electron chi connectivity index (χ2n) is 6.57. The fourth-order valence-corrected chi connectivity index (χ4v) is 3.64. The molecule has 0 radical (unpaired) electrons. The summed E-state index contributed by atoms with van der Waals surface area (Å²) in [5.41, 5.74) is 0.511. The molecule has 0 saturated heterocycles. The van der Waals surface area contributed by atoms with Crippen LogP contribution in [-0.4, -0.2) is 25.5 Å². The minimum Gasteiger partial charge on any atom is -0.378 e. The Hall–Kier alpha value is -4.26. The van der Waals surface area contributed by atoms with Crippen LogP contribution in [0.1, 0.15) is 21.5 Å². The number of hydrogen-bond acceptors (Lipinski definition) is 7. The molecule has 3 aromatic carbocycles. The number of hydrazone groups is 1. The van der Waals surface area contributed by atoms with E-state index in [9.17, 15) is 36.5 Å². The zero-order valence-corrected chi connectivity index (χ0v) is 17.7. The molecule has 0 fully saturated rings. The molecular weight excluding hydrogens is 479 g/mol. The highest BCUT2D eigenvalue weighted by atomic mass is 32.2. The number of nitro benzene ring substituents is 1. The largest absolute Gasteiger partial charge is 0.416 e. The molecule has 13 heteroatoms. The van der Waals surface area contributed by atoms with Gasteiger partial charge in [-0.05, 0) is 42.5 Å². The molecule has 34 heavy (non-hydrogen) atoms. The summed E-state index contributed by atoms with van der Waals surface area (Å²) in [6.45, 7) is 0. The Bertz CT molecular complexity index is 1360. The number of para-hydroxylation sites is 2. The van der Waals surface area contributed by atoms with Gasteiger partial charge in [0.15, 0.2) is 5.75 Å². The van der Waals surface area contributed by atoms with Crippen molar-refractivity contribution < 1.29 is 35.5 Å². The van der Waals surface area contributed by atoms with Crippen molar-refractivity contribution in [1.29, 1.82) is 0 Å². The molecule has 0 atom stereocenters. The average Bonchev–Trinajstić information content (AvgIpc) is 2.79. The molecule has 0 aromatic heterocycles. The monoisotopic (exact) mass is 493 g/mol. The lowest BCUT2D eigenvalue weighted by atomic mass is 10.2. The summed E-state index contributed by atoms with van der Waals surface area (Å²) in [7, 11) is -4.49. The van der Waals surface area contributed by atoms with E-state index in [0.717, 1.165) is 24.4 Å². The SMILES string of the molecule is O=C(N/N=C/c1ccccc1OS(=O)(=O)c1ccc(C(F)(F)F)cc1)c1ccccc1[N+](=O)[O-]. The Morgan fingerprint density at radius 2 is 1.62 bits per heavy atom. The third-order valence-electron chi connectivity index (χ3n) is 4.30. The van der Waals surface area contributed by atoms with Crippen LogP contribution in [0.25, 0.3) is 0 Å². The van der Waals surface area contributed by atoms with Crippen molar-refractivity contribution in [2.45, 2.75) is 11.1 Å². The van der Waals surface area contributed by atoms with Gasteiger partial charge in [-0.2, -0.15) is 26.7 Å². The summed E-state index contributed by atoms with van der Waals surface area (Å²) < 4.78 is 68.1. The zero-order valence-electron chi connectivity index (χ0n) is 16.9. The molecule has 0 bridgehead atoms. The van der Waals surface area contributed by atoms with Crippen LogP contribution in [-0.2, 0) is 16.3 Å². The molecule has 176 valence electrons.